The monoisotopic (exact) mass is 607 g/mol. The molecule has 7 rings (SSSR count). The van der Waals surface area contributed by atoms with Crippen LogP contribution in [-0.4, -0.2) is 93.4 Å². The zero-order valence-corrected chi connectivity index (χ0v) is 22.4. The van der Waals surface area contributed by atoms with Gasteiger partial charge in [0.25, 0.3) is 5.56 Å². The van der Waals surface area contributed by atoms with E-state index >= 15 is 0 Å². The number of nitrogens with one attached hydrogen (secondary N) is 1. The molecule has 42 heavy (non-hydrogen) atoms. The van der Waals surface area contributed by atoms with Crippen LogP contribution in [0, 0.1) is 11.8 Å². The molecule has 20 nitrogen and oxygen atoms in total. The highest BCUT2D eigenvalue weighted by Gasteiger charge is 2.53. The van der Waals surface area contributed by atoms with Crippen molar-refractivity contribution in [2.45, 2.75) is 37.1 Å². The highest BCUT2D eigenvalue weighted by atomic mass is 31.2. The van der Waals surface area contributed by atoms with E-state index in [1.807, 2.05) is 0 Å². The van der Waals surface area contributed by atoms with Crippen molar-refractivity contribution in [3.63, 3.8) is 0 Å². The molecule has 3 aliphatic rings. The van der Waals surface area contributed by atoms with Gasteiger partial charge in [-0.15, -0.1) is 0 Å². The summed E-state index contributed by atoms with van der Waals surface area (Å²) < 4.78 is 45.3. The minimum Gasteiger partial charge on any atom is -0.388 e. The molecule has 0 aromatic carbocycles. The highest BCUT2D eigenvalue weighted by Crippen LogP contribution is 2.52. The topological polar surface area (TPSA) is 289 Å². The summed E-state index contributed by atoms with van der Waals surface area (Å²) in [6.07, 6.45) is -2.66. The molecule has 4 aromatic rings. The molecule has 3 fully saturated rings. The van der Waals surface area contributed by atoms with Crippen molar-refractivity contribution in [2.75, 3.05) is 31.2 Å². The molecule has 21 heteroatoms. The maximum atomic E-state index is 13.2. The standard InChI is InChI=1S/C21H26N11O9P/c22-1-7-13-19(32-6-28-11-16(32)29-21(24)30-17(11)34)40-20(7)37-2-8-9(3-38-42(35,36)41-13)39-18(12(8)33)31-5-27-10-14(23)25-4-26-15(10)31/h4-9,12-13,18-20,33H,1-3,22H2,(H,35,36)(H2,23,25,26)(H3,24,29,30,34)/t7-,8?,9+,12+,13+,18+,19+,20?/m0/s1. The number of nitrogen functional groups attached to an aromatic ring is 2. The lowest BCUT2D eigenvalue weighted by Gasteiger charge is -2.25. The average Bonchev–Trinajstić information content (AvgIpc) is 3.70. The van der Waals surface area contributed by atoms with Crippen LogP contribution in [0.3, 0.4) is 0 Å². The number of imidazole rings is 2. The molecule has 4 aromatic heterocycles. The van der Waals surface area contributed by atoms with E-state index in [0.29, 0.717) is 11.2 Å². The van der Waals surface area contributed by atoms with E-state index in [-0.39, 0.29) is 36.1 Å². The summed E-state index contributed by atoms with van der Waals surface area (Å²) in [6.45, 7) is -0.648. The van der Waals surface area contributed by atoms with Gasteiger partial charge in [-0.1, -0.05) is 0 Å². The minimum absolute atomic E-state index is 0.0380. The Morgan fingerprint density at radius 1 is 1.05 bits per heavy atom. The lowest BCUT2D eigenvalue weighted by atomic mass is 9.99. The van der Waals surface area contributed by atoms with E-state index in [4.69, 9.17) is 40.5 Å². The Hall–Kier alpha value is -3.59. The van der Waals surface area contributed by atoms with E-state index in [9.17, 15) is 19.4 Å². The molecule has 0 saturated carbocycles. The van der Waals surface area contributed by atoms with Crippen molar-refractivity contribution in [3.8, 4) is 0 Å². The van der Waals surface area contributed by atoms with Crippen molar-refractivity contribution in [1.82, 2.24) is 39.0 Å². The summed E-state index contributed by atoms with van der Waals surface area (Å²) >= 11 is 0. The van der Waals surface area contributed by atoms with Gasteiger partial charge in [0, 0.05) is 12.5 Å². The maximum absolute atomic E-state index is 13.2. The average molecular weight is 607 g/mol. The number of aliphatic hydroxyl groups is 1. The van der Waals surface area contributed by atoms with E-state index in [0.717, 1.165) is 0 Å². The number of aromatic nitrogens is 8. The molecular formula is C21H26N11O9P. The third-order valence-electron chi connectivity index (χ3n) is 7.62. The van der Waals surface area contributed by atoms with Gasteiger partial charge in [-0.2, -0.15) is 4.98 Å². The molecule has 9 N–H and O–H groups in total. The summed E-state index contributed by atoms with van der Waals surface area (Å²) in [4.78, 5) is 45.9. The Labute approximate surface area is 234 Å². The molecule has 9 atom stereocenters. The summed E-state index contributed by atoms with van der Waals surface area (Å²) in [5.41, 5.74) is 17.7. The van der Waals surface area contributed by atoms with Gasteiger partial charge >= 0.3 is 7.82 Å². The number of nitrogens with two attached hydrogens (primary N) is 3. The number of H-pyrrole nitrogens is 1. The molecule has 0 radical (unpaired) electrons. The van der Waals surface area contributed by atoms with Gasteiger partial charge in [0.1, 0.15) is 24.1 Å². The van der Waals surface area contributed by atoms with Crippen molar-refractivity contribution >= 4 is 41.9 Å². The Bertz CT molecular complexity index is 1760. The summed E-state index contributed by atoms with van der Waals surface area (Å²) in [7, 11) is -4.79. The van der Waals surface area contributed by atoms with Crippen LogP contribution in [0.2, 0.25) is 0 Å². The lowest BCUT2D eigenvalue weighted by Crippen LogP contribution is -2.37. The number of rotatable bonds is 3. The second-order valence-corrected chi connectivity index (χ2v) is 11.4. The zero-order chi connectivity index (χ0) is 29.3. The largest absolute Gasteiger partial charge is 0.472 e. The SMILES string of the molecule is NC[C@@H]1C2OCC3[C@@H](O)[C@H](n4cnc5c(N)ncnc54)O[C@@H]3COP(=O)(O)O[C@H]1[C@H](n1cnc3c(=O)[nH]c(N)nc31)O2. The van der Waals surface area contributed by atoms with Gasteiger partial charge in [-0.05, 0) is 0 Å². The Morgan fingerprint density at radius 3 is 2.60 bits per heavy atom. The molecule has 3 saturated heterocycles. The fraction of sp³-hybridized carbons (Fsp3) is 0.524. The Morgan fingerprint density at radius 2 is 1.81 bits per heavy atom. The molecule has 3 unspecified atom stereocenters. The van der Waals surface area contributed by atoms with Crippen molar-refractivity contribution < 1.29 is 37.8 Å². The molecule has 2 bridgehead atoms. The van der Waals surface area contributed by atoms with E-state index < -0.39 is 68.9 Å². The Kier molecular flexibility index (Phi) is 6.49. The van der Waals surface area contributed by atoms with Gasteiger partial charge in [0.2, 0.25) is 5.95 Å². The lowest BCUT2D eigenvalue weighted by molar-refractivity contribution is -0.176. The van der Waals surface area contributed by atoms with Crippen molar-refractivity contribution in [1.29, 1.82) is 0 Å². The summed E-state index contributed by atoms with van der Waals surface area (Å²) in [6, 6.07) is 0. The number of hydrogen-bond acceptors (Lipinski definition) is 16. The second kappa shape index (κ2) is 10.0. The van der Waals surface area contributed by atoms with Crippen LogP contribution in [0.25, 0.3) is 22.3 Å². The van der Waals surface area contributed by atoms with Gasteiger partial charge < -0.3 is 41.4 Å². The number of ether oxygens (including phenoxy) is 3. The molecular weight excluding hydrogens is 581 g/mol. The van der Waals surface area contributed by atoms with Crippen LogP contribution < -0.4 is 22.8 Å². The predicted molar refractivity (Wildman–Crippen MR) is 139 cm³/mol. The van der Waals surface area contributed by atoms with Crippen LogP contribution in [-0.2, 0) is 27.8 Å². The van der Waals surface area contributed by atoms with E-state index in [2.05, 4.69) is 29.9 Å². The molecule has 7 heterocycles. The number of phosphoric acid groups is 1. The quantitative estimate of drug-likeness (QED) is 0.137. The second-order valence-electron chi connectivity index (χ2n) is 10.0. The fourth-order valence-electron chi connectivity index (χ4n) is 5.58. The first kappa shape index (κ1) is 27.3. The minimum atomic E-state index is -4.79. The van der Waals surface area contributed by atoms with E-state index in [1.54, 1.807) is 0 Å². The first-order chi connectivity index (χ1) is 20.1. The third-order valence-corrected chi connectivity index (χ3v) is 8.60. The Balaban J connectivity index is 1.22. The van der Waals surface area contributed by atoms with Crippen molar-refractivity contribution in [3.05, 3.63) is 29.3 Å². The molecule has 224 valence electrons. The van der Waals surface area contributed by atoms with Crippen molar-refractivity contribution in [2.24, 2.45) is 17.6 Å². The maximum Gasteiger partial charge on any atom is 0.472 e. The summed E-state index contributed by atoms with van der Waals surface area (Å²) in [5.74, 6) is -1.58. The number of phosphoric ester groups is 1. The summed E-state index contributed by atoms with van der Waals surface area (Å²) in [5, 5.41) is 11.4. The number of nitrogens with zero attached hydrogens (tertiary/aromatic N) is 7. The smallest absolute Gasteiger partial charge is 0.388 e. The fourth-order valence-corrected chi connectivity index (χ4v) is 6.54. The number of fused-ring (bicyclic) bond motifs is 5. The predicted octanol–water partition coefficient (Wildman–Crippen LogP) is -2.04. The van der Waals surface area contributed by atoms with Crippen LogP contribution in [0.5, 0.6) is 0 Å². The van der Waals surface area contributed by atoms with Crippen LogP contribution >= 0.6 is 7.82 Å². The first-order valence-corrected chi connectivity index (χ1v) is 14.3. The molecule has 0 spiro atoms. The van der Waals surface area contributed by atoms with E-state index in [1.165, 1.54) is 28.1 Å². The highest BCUT2D eigenvalue weighted by molar-refractivity contribution is 7.47. The van der Waals surface area contributed by atoms with Crippen LogP contribution in [0.1, 0.15) is 12.5 Å². The zero-order valence-electron chi connectivity index (χ0n) is 21.5. The molecule has 0 aliphatic carbocycles. The van der Waals surface area contributed by atoms with Gasteiger partial charge in [-0.3, -0.25) is 28.0 Å². The van der Waals surface area contributed by atoms with Gasteiger partial charge in [0.05, 0.1) is 37.9 Å². The van der Waals surface area contributed by atoms with Crippen LogP contribution in [0.15, 0.2) is 23.8 Å². The number of anilines is 2. The molecule has 3 aliphatic heterocycles. The normalized spacial score (nSPS) is 35.4. The van der Waals surface area contributed by atoms with Gasteiger partial charge in [0.15, 0.2) is 41.4 Å². The number of aliphatic hydroxyl groups excluding tert-OH is 1. The van der Waals surface area contributed by atoms with Crippen LogP contribution in [0.4, 0.5) is 11.8 Å². The van der Waals surface area contributed by atoms with Gasteiger partial charge in [-0.25, -0.2) is 24.5 Å². The number of hydrogen-bond donors (Lipinski definition) is 6. The first-order valence-electron chi connectivity index (χ1n) is 12.8. The molecule has 0 amide bonds. The number of aromatic amines is 1. The third kappa shape index (κ3) is 4.35.